The Bertz CT molecular complexity index is 1160. The van der Waals surface area contributed by atoms with Crippen LogP contribution in [0, 0.1) is 0 Å². The number of hydrogen-bond acceptors (Lipinski definition) is 4. The summed E-state index contributed by atoms with van der Waals surface area (Å²) in [6, 6.07) is 16.2. The van der Waals surface area contributed by atoms with Gasteiger partial charge in [0.05, 0.1) is 22.5 Å². The Morgan fingerprint density at radius 3 is 2.55 bits per heavy atom. The van der Waals surface area contributed by atoms with Gasteiger partial charge in [0.25, 0.3) is 11.8 Å². The summed E-state index contributed by atoms with van der Waals surface area (Å²) in [7, 11) is 3.98. The van der Waals surface area contributed by atoms with Gasteiger partial charge in [-0.3, -0.25) is 9.59 Å². The average Bonchev–Trinajstić information content (AvgIpc) is 3.30. The molecule has 3 N–H and O–H groups in total. The van der Waals surface area contributed by atoms with Crippen LogP contribution in [0.25, 0.3) is 11.3 Å². The molecule has 0 unspecified atom stereocenters. The second kappa shape index (κ2) is 8.57. The fourth-order valence-electron chi connectivity index (χ4n) is 3.68. The van der Waals surface area contributed by atoms with E-state index in [9.17, 15) is 14.7 Å². The molecular weight excluding hydrogens is 392 g/mol. The summed E-state index contributed by atoms with van der Waals surface area (Å²) in [5.41, 5.74) is 3.48. The van der Waals surface area contributed by atoms with Gasteiger partial charge in [-0.1, -0.05) is 42.5 Å². The molecule has 1 aliphatic heterocycles. The molecule has 3 aromatic rings. The lowest BCUT2D eigenvalue weighted by Gasteiger charge is -2.10. The molecule has 0 fully saturated rings. The van der Waals surface area contributed by atoms with Crippen LogP contribution in [0.15, 0.2) is 59.6 Å². The molecule has 0 spiro atoms. The number of amides is 2. The van der Waals surface area contributed by atoms with Crippen molar-refractivity contribution in [3.8, 4) is 17.1 Å². The topological polar surface area (TPSA) is 97.8 Å². The van der Waals surface area contributed by atoms with E-state index < -0.39 is 5.91 Å². The van der Waals surface area contributed by atoms with Crippen molar-refractivity contribution < 1.29 is 14.7 Å². The van der Waals surface area contributed by atoms with Crippen LogP contribution >= 0.6 is 0 Å². The Kier molecular flexibility index (Phi) is 5.68. The van der Waals surface area contributed by atoms with Gasteiger partial charge in [0, 0.05) is 17.7 Å². The van der Waals surface area contributed by atoms with Crippen molar-refractivity contribution >= 4 is 17.5 Å². The van der Waals surface area contributed by atoms with Gasteiger partial charge in [-0.25, -0.2) is 4.99 Å². The van der Waals surface area contributed by atoms with Gasteiger partial charge in [0.15, 0.2) is 5.88 Å². The second-order valence-corrected chi connectivity index (χ2v) is 7.72. The minimum Gasteiger partial charge on any atom is -0.494 e. The van der Waals surface area contributed by atoms with Crippen molar-refractivity contribution in [3.63, 3.8) is 0 Å². The van der Waals surface area contributed by atoms with Gasteiger partial charge in [0.2, 0.25) is 0 Å². The molecular formula is C24H24N4O3. The predicted molar refractivity (Wildman–Crippen MR) is 120 cm³/mol. The minimum atomic E-state index is -0.418. The quantitative estimate of drug-likeness (QED) is 0.516. The molecule has 0 radical (unpaired) electrons. The van der Waals surface area contributed by atoms with Gasteiger partial charge < -0.3 is 20.3 Å². The Hall–Kier alpha value is -3.71. The van der Waals surface area contributed by atoms with Crippen LogP contribution in [0.2, 0.25) is 0 Å². The second-order valence-electron chi connectivity index (χ2n) is 7.72. The standard InChI is InChI=1S/C24H24N4O3/c1-28(2)13-7-12-25-22(29)17-11-6-10-16(14-17)21-19-18(23(30)27-21)20(26-24(19)31)15-8-4-3-5-9-15/h3-6,8-11,14,27,30H,7,12-13H2,1-2H3,(H,25,29). The third kappa shape index (κ3) is 4.13. The number of nitrogens with one attached hydrogen (secondary N) is 2. The maximum Gasteiger partial charge on any atom is 0.280 e. The number of H-pyrrole nitrogens is 1. The lowest BCUT2D eigenvalue weighted by Crippen LogP contribution is -2.27. The number of benzene rings is 2. The number of carbonyl (C=O) groups is 2. The van der Waals surface area contributed by atoms with Crippen LogP contribution in [0.1, 0.15) is 38.3 Å². The highest BCUT2D eigenvalue weighted by Gasteiger charge is 2.33. The monoisotopic (exact) mass is 416 g/mol. The van der Waals surface area contributed by atoms with E-state index in [-0.39, 0.29) is 11.8 Å². The summed E-state index contributed by atoms with van der Waals surface area (Å²) >= 11 is 0. The Morgan fingerprint density at radius 2 is 1.81 bits per heavy atom. The fraction of sp³-hybridized carbons (Fsp3) is 0.208. The number of aromatic hydroxyl groups is 1. The maximum atomic E-state index is 12.7. The van der Waals surface area contributed by atoms with Crippen LogP contribution in [-0.2, 0) is 0 Å². The Labute approximate surface area is 180 Å². The molecule has 7 nitrogen and oxygen atoms in total. The van der Waals surface area contributed by atoms with Crippen molar-refractivity contribution in [3.05, 3.63) is 76.9 Å². The molecule has 31 heavy (non-hydrogen) atoms. The van der Waals surface area contributed by atoms with E-state index in [2.05, 4.69) is 20.2 Å². The molecule has 2 aromatic carbocycles. The van der Waals surface area contributed by atoms with Crippen LogP contribution in [0.5, 0.6) is 5.88 Å². The summed E-state index contributed by atoms with van der Waals surface area (Å²) in [6.45, 7) is 1.47. The third-order valence-corrected chi connectivity index (χ3v) is 5.17. The molecule has 4 rings (SSSR count). The van der Waals surface area contributed by atoms with Gasteiger partial charge in [-0.2, -0.15) is 0 Å². The zero-order chi connectivity index (χ0) is 22.0. The molecule has 0 atom stereocenters. The van der Waals surface area contributed by atoms with Crippen LogP contribution in [0.4, 0.5) is 0 Å². The summed E-state index contributed by atoms with van der Waals surface area (Å²) in [5.74, 6) is -0.712. The highest BCUT2D eigenvalue weighted by Crippen LogP contribution is 2.38. The van der Waals surface area contributed by atoms with Gasteiger partial charge >= 0.3 is 0 Å². The van der Waals surface area contributed by atoms with Crippen LogP contribution < -0.4 is 5.32 Å². The van der Waals surface area contributed by atoms with Crippen molar-refractivity contribution in [2.45, 2.75) is 6.42 Å². The van der Waals surface area contributed by atoms with Crippen molar-refractivity contribution in [1.29, 1.82) is 0 Å². The summed E-state index contributed by atoms with van der Waals surface area (Å²) in [4.78, 5) is 34.4. The van der Waals surface area contributed by atoms with E-state index in [1.807, 2.05) is 44.4 Å². The van der Waals surface area contributed by atoms with Gasteiger partial charge in [-0.15, -0.1) is 0 Å². The molecule has 158 valence electrons. The smallest absolute Gasteiger partial charge is 0.280 e. The molecule has 1 aliphatic rings. The summed E-state index contributed by atoms with van der Waals surface area (Å²) in [6.07, 6.45) is 0.852. The van der Waals surface area contributed by atoms with Crippen molar-refractivity contribution in [2.24, 2.45) is 4.99 Å². The minimum absolute atomic E-state index is 0.114. The van der Waals surface area contributed by atoms with Gasteiger partial charge in [-0.05, 0) is 44.8 Å². The summed E-state index contributed by atoms with van der Waals surface area (Å²) < 4.78 is 0. The SMILES string of the molecule is CN(C)CCCNC(=O)c1cccc(-c2[nH]c(O)c3c2C(=O)N=C3c2ccccc2)c1. The number of hydrogen-bond donors (Lipinski definition) is 3. The van der Waals surface area contributed by atoms with Crippen LogP contribution in [-0.4, -0.2) is 59.7 Å². The molecule has 0 saturated carbocycles. The first-order valence-electron chi connectivity index (χ1n) is 10.1. The van der Waals surface area contributed by atoms with E-state index in [1.54, 1.807) is 24.3 Å². The van der Waals surface area contributed by atoms with E-state index in [0.717, 1.165) is 18.5 Å². The molecule has 0 saturated heterocycles. The van der Waals surface area contributed by atoms with E-state index in [0.29, 0.717) is 40.2 Å². The predicted octanol–water partition coefficient (Wildman–Crippen LogP) is 3.06. The zero-order valence-electron chi connectivity index (χ0n) is 17.5. The highest BCUT2D eigenvalue weighted by molar-refractivity contribution is 6.30. The Morgan fingerprint density at radius 1 is 1.06 bits per heavy atom. The third-order valence-electron chi connectivity index (χ3n) is 5.17. The summed E-state index contributed by atoms with van der Waals surface area (Å²) in [5, 5.41) is 13.5. The highest BCUT2D eigenvalue weighted by atomic mass is 16.3. The zero-order valence-corrected chi connectivity index (χ0v) is 17.5. The molecule has 2 heterocycles. The van der Waals surface area contributed by atoms with Crippen molar-refractivity contribution in [2.75, 3.05) is 27.2 Å². The lowest BCUT2D eigenvalue weighted by atomic mass is 9.99. The van der Waals surface area contributed by atoms with Gasteiger partial charge in [0.1, 0.15) is 0 Å². The van der Waals surface area contributed by atoms with E-state index >= 15 is 0 Å². The van der Waals surface area contributed by atoms with E-state index in [4.69, 9.17) is 0 Å². The number of aromatic amines is 1. The molecule has 0 bridgehead atoms. The van der Waals surface area contributed by atoms with Crippen LogP contribution in [0.3, 0.4) is 0 Å². The normalized spacial score (nSPS) is 12.7. The first kappa shape index (κ1) is 20.6. The Balaban J connectivity index is 1.61. The first-order chi connectivity index (χ1) is 15.0. The number of aliphatic imine (C=N–C) groups is 1. The number of fused-ring (bicyclic) bond motifs is 1. The largest absolute Gasteiger partial charge is 0.494 e. The van der Waals surface area contributed by atoms with E-state index in [1.165, 1.54) is 0 Å². The average molecular weight is 416 g/mol. The first-order valence-corrected chi connectivity index (χ1v) is 10.1. The molecule has 1 aromatic heterocycles. The number of rotatable bonds is 7. The molecule has 0 aliphatic carbocycles. The number of carbonyl (C=O) groups excluding carboxylic acids is 2. The van der Waals surface area contributed by atoms with Crippen molar-refractivity contribution in [1.82, 2.24) is 15.2 Å². The number of aromatic nitrogens is 1. The maximum absolute atomic E-state index is 12.7. The lowest BCUT2D eigenvalue weighted by molar-refractivity contribution is 0.0951. The molecule has 7 heteroatoms. The fourth-order valence-corrected chi connectivity index (χ4v) is 3.68. The molecule has 2 amide bonds. The number of nitrogens with zero attached hydrogens (tertiary/aromatic N) is 2.